The fourth-order valence-electron chi connectivity index (χ4n) is 2.89. The van der Waals surface area contributed by atoms with Gasteiger partial charge in [-0.15, -0.1) is 0 Å². The normalized spacial score (nSPS) is 11.9. The molecule has 1 aromatic heterocycles. The number of aromatic nitrogens is 1. The standard InChI is InChI=1S/C22H22Cl2N2O2/c1-2-27-21-13-15(12-20(25)16-7-9-26-10-8-16)11-19(24)22(21)28-14-17-5-3-4-6-18(17)23/h3-11,13,20H,2,12,14,25H2,1H3. The van der Waals surface area contributed by atoms with Gasteiger partial charge in [0.1, 0.15) is 6.61 Å². The first-order valence-electron chi connectivity index (χ1n) is 9.05. The topological polar surface area (TPSA) is 57.4 Å². The fourth-order valence-corrected chi connectivity index (χ4v) is 3.37. The predicted molar refractivity (Wildman–Crippen MR) is 113 cm³/mol. The lowest BCUT2D eigenvalue weighted by Gasteiger charge is -2.17. The molecule has 0 saturated heterocycles. The van der Waals surface area contributed by atoms with Gasteiger partial charge in [0, 0.05) is 29.0 Å². The van der Waals surface area contributed by atoms with Crippen molar-refractivity contribution in [3.8, 4) is 11.5 Å². The van der Waals surface area contributed by atoms with Gasteiger partial charge in [0.2, 0.25) is 0 Å². The molecule has 1 heterocycles. The first-order valence-corrected chi connectivity index (χ1v) is 9.81. The third-order valence-corrected chi connectivity index (χ3v) is 4.94. The van der Waals surface area contributed by atoms with Crippen LogP contribution in [0.3, 0.4) is 0 Å². The highest BCUT2D eigenvalue weighted by molar-refractivity contribution is 6.32. The zero-order chi connectivity index (χ0) is 19.9. The van der Waals surface area contributed by atoms with Crippen molar-refractivity contribution in [2.24, 2.45) is 5.73 Å². The quantitative estimate of drug-likeness (QED) is 0.518. The SMILES string of the molecule is CCOc1cc(CC(N)c2ccncc2)cc(Cl)c1OCc1ccccc1Cl. The van der Waals surface area contributed by atoms with E-state index >= 15 is 0 Å². The van der Waals surface area contributed by atoms with Gasteiger partial charge in [0.15, 0.2) is 11.5 Å². The van der Waals surface area contributed by atoms with Gasteiger partial charge in [-0.1, -0.05) is 41.4 Å². The summed E-state index contributed by atoms with van der Waals surface area (Å²) in [5.74, 6) is 1.10. The van der Waals surface area contributed by atoms with Crippen LogP contribution in [0.1, 0.15) is 29.7 Å². The minimum absolute atomic E-state index is 0.163. The Labute approximate surface area is 175 Å². The lowest BCUT2D eigenvalue weighted by atomic mass is 10.0. The van der Waals surface area contributed by atoms with Crippen LogP contribution >= 0.6 is 23.2 Å². The lowest BCUT2D eigenvalue weighted by molar-refractivity contribution is 0.269. The Kier molecular flexibility index (Phi) is 7.15. The second-order valence-electron chi connectivity index (χ2n) is 6.31. The van der Waals surface area contributed by atoms with Crippen LogP contribution in [0.4, 0.5) is 0 Å². The number of hydrogen-bond acceptors (Lipinski definition) is 4. The molecule has 0 aliphatic rings. The molecule has 6 heteroatoms. The van der Waals surface area contributed by atoms with E-state index in [1.165, 1.54) is 0 Å². The van der Waals surface area contributed by atoms with E-state index in [0.717, 1.165) is 16.7 Å². The highest BCUT2D eigenvalue weighted by atomic mass is 35.5. The van der Waals surface area contributed by atoms with Gasteiger partial charge in [-0.2, -0.15) is 0 Å². The maximum Gasteiger partial charge on any atom is 0.180 e. The molecule has 2 aromatic carbocycles. The molecule has 0 spiro atoms. The summed E-state index contributed by atoms with van der Waals surface area (Å²) in [5, 5.41) is 1.13. The summed E-state index contributed by atoms with van der Waals surface area (Å²) < 4.78 is 11.7. The van der Waals surface area contributed by atoms with Crippen LogP contribution in [0.25, 0.3) is 0 Å². The van der Waals surface area contributed by atoms with Gasteiger partial charge in [-0.3, -0.25) is 4.98 Å². The average molecular weight is 417 g/mol. The van der Waals surface area contributed by atoms with Gasteiger partial charge >= 0.3 is 0 Å². The molecule has 1 unspecified atom stereocenters. The number of nitrogens with zero attached hydrogens (tertiary/aromatic N) is 1. The van der Waals surface area contributed by atoms with Crippen LogP contribution in [-0.2, 0) is 13.0 Å². The minimum Gasteiger partial charge on any atom is -0.490 e. The molecule has 3 rings (SSSR count). The Morgan fingerprint density at radius 3 is 2.46 bits per heavy atom. The van der Waals surface area contributed by atoms with Gasteiger partial charge in [0.05, 0.1) is 11.6 Å². The first kappa shape index (κ1) is 20.5. The summed E-state index contributed by atoms with van der Waals surface area (Å²) in [5.41, 5.74) is 9.21. The zero-order valence-electron chi connectivity index (χ0n) is 15.6. The van der Waals surface area contributed by atoms with E-state index < -0.39 is 0 Å². The third-order valence-electron chi connectivity index (χ3n) is 4.29. The summed E-state index contributed by atoms with van der Waals surface area (Å²) in [7, 11) is 0. The number of ether oxygens (including phenoxy) is 2. The second kappa shape index (κ2) is 9.78. The molecule has 1 atom stereocenters. The van der Waals surface area contributed by atoms with E-state index in [4.69, 9.17) is 38.4 Å². The summed E-state index contributed by atoms with van der Waals surface area (Å²) in [6.07, 6.45) is 4.09. The van der Waals surface area contributed by atoms with Crippen LogP contribution in [0.15, 0.2) is 60.9 Å². The smallest absolute Gasteiger partial charge is 0.180 e. The lowest BCUT2D eigenvalue weighted by Crippen LogP contribution is -2.13. The van der Waals surface area contributed by atoms with Gasteiger partial charge in [-0.25, -0.2) is 0 Å². The zero-order valence-corrected chi connectivity index (χ0v) is 17.1. The van der Waals surface area contributed by atoms with Crippen molar-refractivity contribution in [2.45, 2.75) is 26.0 Å². The highest BCUT2D eigenvalue weighted by Crippen LogP contribution is 2.38. The first-order chi connectivity index (χ1) is 13.6. The summed E-state index contributed by atoms with van der Waals surface area (Å²) in [6.45, 7) is 2.72. The molecule has 0 amide bonds. The monoisotopic (exact) mass is 416 g/mol. The molecule has 0 saturated carbocycles. The summed E-state index contributed by atoms with van der Waals surface area (Å²) >= 11 is 12.7. The Balaban J connectivity index is 1.80. The number of nitrogens with two attached hydrogens (primary N) is 1. The molecular formula is C22H22Cl2N2O2. The fraction of sp³-hybridized carbons (Fsp3) is 0.227. The third kappa shape index (κ3) is 5.16. The highest BCUT2D eigenvalue weighted by Gasteiger charge is 2.16. The molecule has 0 aliphatic carbocycles. The second-order valence-corrected chi connectivity index (χ2v) is 7.12. The summed E-state index contributed by atoms with van der Waals surface area (Å²) in [6, 6.07) is 15.0. The minimum atomic E-state index is -0.163. The number of benzene rings is 2. The number of pyridine rings is 1. The van der Waals surface area contributed by atoms with Crippen LogP contribution in [0.2, 0.25) is 10.0 Å². The molecule has 2 N–H and O–H groups in total. The maximum absolute atomic E-state index is 6.52. The van der Waals surface area contributed by atoms with Crippen molar-refractivity contribution in [3.63, 3.8) is 0 Å². The van der Waals surface area contributed by atoms with Gasteiger partial charge in [-0.05, 0) is 54.8 Å². The van der Waals surface area contributed by atoms with Crippen molar-refractivity contribution >= 4 is 23.2 Å². The average Bonchev–Trinajstić information content (AvgIpc) is 2.69. The largest absolute Gasteiger partial charge is 0.490 e. The predicted octanol–water partition coefficient (Wildman–Crippen LogP) is 5.61. The van der Waals surface area contributed by atoms with Crippen LogP contribution in [0, 0.1) is 0 Å². The van der Waals surface area contributed by atoms with Crippen molar-refractivity contribution < 1.29 is 9.47 Å². The Morgan fingerprint density at radius 1 is 1.00 bits per heavy atom. The van der Waals surface area contributed by atoms with E-state index in [9.17, 15) is 0 Å². The van der Waals surface area contributed by atoms with Crippen LogP contribution < -0.4 is 15.2 Å². The molecule has 0 aliphatic heterocycles. The van der Waals surface area contributed by atoms with Crippen molar-refractivity contribution in [2.75, 3.05) is 6.61 Å². The molecule has 0 radical (unpaired) electrons. The Bertz CT molecular complexity index is 920. The van der Waals surface area contributed by atoms with E-state index in [1.807, 2.05) is 55.5 Å². The molecule has 28 heavy (non-hydrogen) atoms. The molecular weight excluding hydrogens is 395 g/mol. The molecule has 0 bridgehead atoms. The van der Waals surface area contributed by atoms with Crippen LogP contribution in [0.5, 0.6) is 11.5 Å². The Morgan fingerprint density at radius 2 is 1.75 bits per heavy atom. The van der Waals surface area contributed by atoms with E-state index in [1.54, 1.807) is 12.4 Å². The van der Waals surface area contributed by atoms with Crippen molar-refractivity contribution in [3.05, 3.63) is 87.7 Å². The van der Waals surface area contributed by atoms with E-state index in [-0.39, 0.29) is 6.04 Å². The van der Waals surface area contributed by atoms with Crippen molar-refractivity contribution in [1.82, 2.24) is 4.98 Å². The molecule has 3 aromatic rings. The molecule has 0 fully saturated rings. The number of hydrogen-bond donors (Lipinski definition) is 1. The molecule has 4 nitrogen and oxygen atoms in total. The van der Waals surface area contributed by atoms with Crippen LogP contribution in [-0.4, -0.2) is 11.6 Å². The summed E-state index contributed by atoms with van der Waals surface area (Å²) in [4.78, 5) is 4.03. The number of rotatable bonds is 8. The van der Waals surface area contributed by atoms with E-state index in [2.05, 4.69) is 4.98 Å². The van der Waals surface area contributed by atoms with Crippen molar-refractivity contribution in [1.29, 1.82) is 0 Å². The van der Waals surface area contributed by atoms with Gasteiger partial charge < -0.3 is 15.2 Å². The number of halogens is 2. The molecule has 146 valence electrons. The Hall–Kier alpha value is -2.27. The maximum atomic E-state index is 6.52. The van der Waals surface area contributed by atoms with Gasteiger partial charge in [0.25, 0.3) is 0 Å². The van der Waals surface area contributed by atoms with E-state index in [0.29, 0.717) is 41.2 Å².